The molecule has 1 atom stereocenters. The highest BCUT2D eigenvalue weighted by molar-refractivity contribution is 5.85. The lowest BCUT2D eigenvalue weighted by Gasteiger charge is -2.06. The van der Waals surface area contributed by atoms with Gasteiger partial charge in [0.1, 0.15) is 6.17 Å². The molecule has 0 aliphatic heterocycles. The largest absolute Gasteiger partial charge is 0.243 e. The summed E-state index contributed by atoms with van der Waals surface area (Å²) in [6.07, 6.45) is -0.897. The quantitative estimate of drug-likeness (QED) is 0.615. The van der Waals surface area contributed by atoms with E-state index in [1.54, 1.807) is 6.92 Å². The van der Waals surface area contributed by atoms with Crippen molar-refractivity contribution in [2.45, 2.75) is 13.1 Å². The van der Waals surface area contributed by atoms with Crippen molar-refractivity contribution in [2.24, 2.45) is 0 Å². The first-order valence-electron chi connectivity index (χ1n) is 4.41. The van der Waals surface area contributed by atoms with Crippen LogP contribution in [0.5, 0.6) is 0 Å². The topological polar surface area (TPSA) is 0 Å². The molecule has 1 heteroatoms. The highest BCUT2D eigenvalue weighted by Crippen LogP contribution is 2.25. The van der Waals surface area contributed by atoms with Gasteiger partial charge in [0.2, 0.25) is 0 Å². The fourth-order valence-corrected chi connectivity index (χ4v) is 1.60. The molecule has 0 aromatic heterocycles. The maximum Gasteiger partial charge on any atom is 0.123 e. The van der Waals surface area contributed by atoms with Gasteiger partial charge in [-0.2, -0.15) is 0 Å². The molecule has 0 fully saturated rings. The van der Waals surface area contributed by atoms with E-state index in [-0.39, 0.29) is 0 Å². The van der Waals surface area contributed by atoms with Gasteiger partial charge in [0, 0.05) is 0 Å². The third-order valence-electron chi connectivity index (χ3n) is 2.25. The first-order chi connectivity index (χ1) is 6.29. The summed E-state index contributed by atoms with van der Waals surface area (Å²) >= 11 is 0. The zero-order valence-electron chi connectivity index (χ0n) is 7.50. The van der Waals surface area contributed by atoms with Gasteiger partial charge >= 0.3 is 0 Å². The Hall–Kier alpha value is -1.37. The molecule has 0 N–H and O–H groups in total. The number of benzene rings is 2. The van der Waals surface area contributed by atoms with Crippen LogP contribution in [0.2, 0.25) is 0 Å². The second-order valence-corrected chi connectivity index (χ2v) is 3.18. The fraction of sp³-hybridized carbons (Fsp3) is 0.167. The van der Waals surface area contributed by atoms with Crippen molar-refractivity contribution in [2.75, 3.05) is 0 Å². The van der Waals surface area contributed by atoms with Crippen LogP contribution in [0.25, 0.3) is 10.8 Å². The van der Waals surface area contributed by atoms with E-state index in [9.17, 15) is 4.39 Å². The van der Waals surface area contributed by atoms with Crippen LogP contribution in [0.4, 0.5) is 4.39 Å². The lowest BCUT2D eigenvalue weighted by molar-refractivity contribution is 0.376. The summed E-state index contributed by atoms with van der Waals surface area (Å²) in [7, 11) is 0. The normalized spacial score (nSPS) is 13.1. The maximum absolute atomic E-state index is 13.2. The van der Waals surface area contributed by atoms with Crippen LogP contribution in [0, 0.1) is 0 Å². The van der Waals surface area contributed by atoms with Gasteiger partial charge in [0.15, 0.2) is 0 Å². The van der Waals surface area contributed by atoms with Gasteiger partial charge in [-0.3, -0.25) is 0 Å². The van der Waals surface area contributed by atoms with Crippen molar-refractivity contribution >= 4 is 10.8 Å². The average Bonchev–Trinajstić information content (AvgIpc) is 2.17. The fourth-order valence-electron chi connectivity index (χ4n) is 1.60. The molecule has 0 aliphatic carbocycles. The zero-order chi connectivity index (χ0) is 9.26. The number of hydrogen-bond acceptors (Lipinski definition) is 0. The van der Waals surface area contributed by atoms with Gasteiger partial charge in [-0.25, -0.2) is 4.39 Å². The molecule has 13 heavy (non-hydrogen) atoms. The Morgan fingerprint density at radius 2 is 1.69 bits per heavy atom. The summed E-state index contributed by atoms with van der Waals surface area (Å²) in [5.41, 5.74) is 0.776. The van der Waals surface area contributed by atoms with Crippen molar-refractivity contribution in [3.63, 3.8) is 0 Å². The molecule has 0 saturated heterocycles. The minimum Gasteiger partial charge on any atom is -0.243 e. The molecule has 1 unspecified atom stereocenters. The highest BCUT2D eigenvalue weighted by atomic mass is 19.1. The maximum atomic E-state index is 13.2. The summed E-state index contributed by atoms with van der Waals surface area (Å²) < 4.78 is 13.2. The van der Waals surface area contributed by atoms with Crippen molar-refractivity contribution in [3.05, 3.63) is 48.0 Å². The van der Waals surface area contributed by atoms with Crippen molar-refractivity contribution in [3.8, 4) is 0 Å². The van der Waals surface area contributed by atoms with Crippen LogP contribution in [-0.4, -0.2) is 0 Å². The third kappa shape index (κ3) is 1.42. The average molecular weight is 174 g/mol. The molecule has 2 aromatic rings. The van der Waals surface area contributed by atoms with Gasteiger partial charge in [0.05, 0.1) is 0 Å². The lowest BCUT2D eigenvalue weighted by Crippen LogP contribution is -1.86. The second-order valence-electron chi connectivity index (χ2n) is 3.18. The molecule has 2 aromatic carbocycles. The van der Waals surface area contributed by atoms with Crippen LogP contribution < -0.4 is 0 Å². The Morgan fingerprint density at radius 3 is 2.46 bits per heavy atom. The minimum atomic E-state index is -0.897. The third-order valence-corrected chi connectivity index (χ3v) is 2.25. The van der Waals surface area contributed by atoms with E-state index >= 15 is 0 Å². The predicted molar refractivity (Wildman–Crippen MR) is 53.5 cm³/mol. The molecule has 0 radical (unpaired) electrons. The lowest BCUT2D eigenvalue weighted by atomic mass is 10.0. The summed E-state index contributed by atoms with van der Waals surface area (Å²) in [5.74, 6) is 0. The number of fused-ring (bicyclic) bond motifs is 1. The molecule has 0 saturated carbocycles. The van der Waals surface area contributed by atoms with E-state index < -0.39 is 6.17 Å². The Kier molecular flexibility index (Phi) is 2.01. The Morgan fingerprint density at radius 1 is 1.00 bits per heavy atom. The Labute approximate surface area is 77.0 Å². The zero-order valence-corrected chi connectivity index (χ0v) is 7.50. The van der Waals surface area contributed by atoms with Crippen LogP contribution in [0.1, 0.15) is 18.7 Å². The monoisotopic (exact) mass is 174 g/mol. The molecule has 0 spiro atoms. The minimum absolute atomic E-state index is 0.776. The summed E-state index contributed by atoms with van der Waals surface area (Å²) in [4.78, 5) is 0. The van der Waals surface area contributed by atoms with Gasteiger partial charge in [-0.15, -0.1) is 0 Å². The number of alkyl halides is 1. The van der Waals surface area contributed by atoms with Crippen LogP contribution in [-0.2, 0) is 0 Å². The van der Waals surface area contributed by atoms with Crippen molar-refractivity contribution in [1.29, 1.82) is 0 Å². The number of rotatable bonds is 1. The number of halogens is 1. The van der Waals surface area contributed by atoms with E-state index in [0.717, 1.165) is 16.3 Å². The summed E-state index contributed by atoms with van der Waals surface area (Å²) in [6, 6.07) is 13.6. The molecule has 0 nitrogen and oxygen atoms in total. The Balaban J connectivity index is 2.76. The first-order valence-corrected chi connectivity index (χ1v) is 4.41. The van der Waals surface area contributed by atoms with Gasteiger partial charge in [0.25, 0.3) is 0 Å². The summed E-state index contributed by atoms with van der Waals surface area (Å²) in [6.45, 7) is 1.57. The highest BCUT2D eigenvalue weighted by Gasteiger charge is 2.05. The van der Waals surface area contributed by atoms with Gasteiger partial charge in [-0.1, -0.05) is 42.5 Å². The second kappa shape index (κ2) is 3.17. The van der Waals surface area contributed by atoms with E-state index in [4.69, 9.17) is 0 Å². The van der Waals surface area contributed by atoms with Gasteiger partial charge < -0.3 is 0 Å². The van der Waals surface area contributed by atoms with Crippen molar-refractivity contribution < 1.29 is 4.39 Å². The van der Waals surface area contributed by atoms with Crippen LogP contribution in [0.15, 0.2) is 42.5 Å². The molecule has 0 bridgehead atoms. The first kappa shape index (κ1) is 8.24. The van der Waals surface area contributed by atoms with Crippen molar-refractivity contribution in [1.82, 2.24) is 0 Å². The number of hydrogen-bond donors (Lipinski definition) is 0. The molecule has 0 aliphatic rings. The molecule has 2 rings (SSSR count). The molecular weight excluding hydrogens is 163 g/mol. The standard InChI is InChI=1S/C12H11F/c1-9(13)11-8-4-6-10-5-2-3-7-12(10)11/h2-9H,1H3. The van der Waals surface area contributed by atoms with E-state index in [1.165, 1.54) is 0 Å². The molecule has 0 amide bonds. The molecular formula is C12H11F. The Bertz CT molecular complexity index is 413. The van der Waals surface area contributed by atoms with Crippen LogP contribution >= 0.6 is 0 Å². The SMILES string of the molecule is CC(F)c1cccc2ccccc12. The van der Waals surface area contributed by atoms with Gasteiger partial charge in [-0.05, 0) is 23.3 Å². The van der Waals surface area contributed by atoms with Crippen LogP contribution in [0.3, 0.4) is 0 Å². The predicted octanol–water partition coefficient (Wildman–Crippen LogP) is 3.87. The smallest absolute Gasteiger partial charge is 0.123 e. The van der Waals surface area contributed by atoms with E-state index in [2.05, 4.69) is 0 Å². The van der Waals surface area contributed by atoms with E-state index in [0.29, 0.717) is 0 Å². The molecule has 0 heterocycles. The van der Waals surface area contributed by atoms with E-state index in [1.807, 2.05) is 42.5 Å². The summed E-state index contributed by atoms with van der Waals surface area (Å²) in [5, 5.41) is 2.12. The molecule has 66 valence electrons.